The van der Waals surface area contributed by atoms with Crippen LogP contribution in [0.15, 0.2) is 42.5 Å². The van der Waals surface area contributed by atoms with Gasteiger partial charge in [-0.2, -0.15) is 0 Å². The fourth-order valence-corrected chi connectivity index (χ4v) is 4.36. The van der Waals surface area contributed by atoms with Crippen molar-refractivity contribution in [2.24, 2.45) is 0 Å². The lowest BCUT2D eigenvalue weighted by atomic mass is 9.98. The first kappa shape index (κ1) is 23.1. The highest BCUT2D eigenvalue weighted by Crippen LogP contribution is 2.31. The van der Waals surface area contributed by atoms with Gasteiger partial charge in [0.05, 0.1) is 25.7 Å². The molecule has 168 valence electrons. The Morgan fingerprint density at radius 3 is 2.61 bits per heavy atom. The Balaban J connectivity index is 1.75. The molecule has 5 nitrogen and oxygen atoms in total. The van der Waals surface area contributed by atoms with Gasteiger partial charge in [0.2, 0.25) is 5.91 Å². The maximum atomic E-state index is 13.0. The number of piperidine rings is 1. The molecule has 31 heavy (non-hydrogen) atoms. The van der Waals surface area contributed by atoms with Gasteiger partial charge in [-0.15, -0.1) is 0 Å². The second-order valence-electron chi connectivity index (χ2n) is 8.23. The minimum atomic E-state index is -0.0757. The minimum absolute atomic E-state index is 0.00120. The molecule has 0 spiro atoms. The number of carbonyl (C=O) groups is 1. The van der Waals surface area contributed by atoms with Crippen molar-refractivity contribution in [1.82, 2.24) is 5.32 Å². The lowest BCUT2D eigenvalue weighted by Crippen LogP contribution is -2.34. The number of anilines is 1. The van der Waals surface area contributed by atoms with Gasteiger partial charge < -0.3 is 20.1 Å². The van der Waals surface area contributed by atoms with Gasteiger partial charge in [0.1, 0.15) is 5.75 Å². The highest BCUT2D eigenvalue weighted by atomic mass is 16.5. The number of para-hydroxylation sites is 1. The van der Waals surface area contributed by atoms with E-state index in [9.17, 15) is 9.90 Å². The topological polar surface area (TPSA) is 61.8 Å². The zero-order valence-electron chi connectivity index (χ0n) is 18.9. The SMILES string of the molecule is CCCC(NC(=O)Cc1ccc(CO)c(OCC)c1)c1ccccc1N1CCCCC1. The van der Waals surface area contributed by atoms with Crippen LogP contribution in [-0.2, 0) is 17.8 Å². The standard InChI is InChI=1S/C26H36N2O3/c1-3-10-23(22-11-6-7-12-24(22)28-15-8-5-9-16-28)27-26(30)18-20-13-14-21(19-29)25(17-20)31-4-2/h6-7,11-14,17,23,29H,3-5,8-10,15-16,18-19H2,1-2H3,(H,27,30). The van der Waals surface area contributed by atoms with Crippen LogP contribution < -0.4 is 15.0 Å². The summed E-state index contributed by atoms with van der Waals surface area (Å²) >= 11 is 0. The predicted octanol–water partition coefficient (Wildman–Crippen LogP) is 4.77. The molecule has 1 fully saturated rings. The number of aliphatic hydroxyl groups is 1. The molecule has 1 amide bonds. The quantitative estimate of drug-likeness (QED) is 0.577. The number of ether oxygens (including phenoxy) is 1. The van der Waals surface area contributed by atoms with Crippen molar-refractivity contribution in [2.75, 3.05) is 24.6 Å². The smallest absolute Gasteiger partial charge is 0.224 e. The Bertz CT molecular complexity index is 846. The number of hydrogen-bond acceptors (Lipinski definition) is 4. The third kappa shape index (κ3) is 6.23. The van der Waals surface area contributed by atoms with Crippen molar-refractivity contribution in [3.8, 4) is 5.75 Å². The first-order chi connectivity index (χ1) is 15.2. The maximum absolute atomic E-state index is 13.0. The van der Waals surface area contributed by atoms with Gasteiger partial charge in [-0.3, -0.25) is 4.79 Å². The zero-order valence-corrected chi connectivity index (χ0v) is 18.9. The molecular weight excluding hydrogens is 388 g/mol. The molecule has 1 saturated heterocycles. The van der Waals surface area contributed by atoms with Crippen molar-refractivity contribution in [3.05, 3.63) is 59.2 Å². The Labute approximate surface area is 186 Å². The van der Waals surface area contributed by atoms with Crippen LogP contribution in [0.2, 0.25) is 0 Å². The van der Waals surface area contributed by atoms with E-state index in [0.717, 1.165) is 37.1 Å². The van der Waals surface area contributed by atoms with E-state index in [0.29, 0.717) is 12.4 Å². The molecule has 1 heterocycles. The molecule has 1 aliphatic heterocycles. The molecule has 0 aromatic heterocycles. The predicted molar refractivity (Wildman–Crippen MR) is 126 cm³/mol. The minimum Gasteiger partial charge on any atom is -0.493 e. The third-order valence-corrected chi connectivity index (χ3v) is 5.89. The number of hydrogen-bond donors (Lipinski definition) is 2. The van der Waals surface area contributed by atoms with E-state index in [-0.39, 0.29) is 25.0 Å². The Morgan fingerprint density at radius 2 is 1.90 bits per heavy atom. The molecule has 2 N–H and O–H groups in total. The van der Waals surface area contributed by atoms with Crippen LogP contribution in [-0.4, -0.2) is 30.7 Å². The zero-order chi connectivity index (χ0) is 22.1. The van der Waals surface area contributed by atoms with Crippen molar-refractivity contribution < 1.29 is 14.6 Å². The van der Waals surface area contributed by atoms with Crippen LogP contribution in [0.25, 0.3) is 0 Å². The van der Waals surface area contributed by atoms with Gasteiger partial charge >= 0.3 is 0 Å². The van der Waals surface area contributed by atoms with Crippen molar-refractivity contribution >= 4 is 11.6 Å². The van der Waals surface area contributed by atoms with E-state index < -0.39 is 0 Å². The van der Waals surface area contributed by atoms with E-state index in [1.807, 2.05) is 25.1 Å². The van der Waals surface area contributed by atoms with Crippen LogP contribution in [0.4, 0.5) is 5.69 Å². The lowest BCUT2D eigenvalue weighted by molar-refractivity contribution is -0.121. The Morgan fingerprint density at radius 1 is 1.13 bits per heavy atom. The average Bonchev–Trinajstić information content (AvgIpc) is 2.80. The molecule has 0 radical (unpaired) electrons. The molecule has 1 atom stereocenters. The third-order valence-electron chi connectivity index (χ3n) is 5.89. The number of rotatable bonds is 10. The second-order valence-corrected chi connectivity index (χ2v) is 8.23. The molecule has 3 rings (SSSR count). The van der Waals surface area contributed by atoms with E-state index in [1.54, 1.807) is 0 Å². The van der Waals surface area contributed by atoms with Crippen molar-refractivity contribution in [3.63, 3.8) is 0 Å². The van der Waals surface area contributed by atoms with Gasteiger partial charge in [-0.05, 0) is 55.9 Å². The molecule has 1 unspecified atom stereocenters. The number of amides is 1. The van der Waals surface area contributed by atoms with Crippen molar-refractivity contribution in [1.29, 1.82) is 0 Å². The Kier molecular flexibility index (Phi) is 8.77. The molecule has 0 aliphatic carbocycles. The van der Waals surface area contributed by atoms with E-state index in [4.69, 9.17) is 4.74 Å². The summed E-state index contributed by atoms with van der Waals surface area (Å²) in [6, 6.07) is 14.1. The number of aliphatic hydroxyl groups excluding tert-OH is 1. The summed E-state index contributed by atoms with van der Waals surface area (Å²) in [7, 11) is 0. The second kappa shape index (κ2) is 11.8. The fraction of sp³-hybridized carbons (Fsp3) is 0.500. The first-order valence-corrected chi connectivity index (χ1v) is 11.6. The summed E-state index contributed by atoms with van der Waals surface area (Å²) in [6.07, 6.45) is 5.95. The summed E-state index contributed by atoms with van der Waals surface area (Å²) < 4.78 is 5.62. The molecule has 0 saturated carbocycles. The summed E-state index contributed by atoms with van der Waals surface area (Å²) in [5.74, 6) is 0.655. The summed E-state index contributed by atoms with van der Waals surface area (Å²) in [5.41, 5.74) is 4.10. The van der Waals surface area contributed by atoms with Crippen LogP contribution >= 0.6 is 0 Å². The molecule has 1 aliphatic rings. The molecular formula is C26H36N2O3. The first-order valence-electron chi connectivity index (χ1n) is 11.6. The lowest BCUT2D eigenvalue weighted by Gasteiger charge is -2.32. The van der Waals surface area contributed by atoms with Gasteiger partial charge in [-0.25, -0.2) is 0 Å². The molecule has 2 aromatic carbocycles. The van der Waals surface area contributed by atoms with Gasteiger partial charge in [-0.1, -0.05) is 43.7 Å². The summed E-state index contributed by atoms with van der Waals surface area (Å²) in [4.78, 5) is 15.4. The van der Waals surface area contributed by atoms with Crippen molar-refractivity contribution in [2.45, 2.75) is 65.0 Å². The monoisotopic (exact) mass is 424 g/mol. The number of nitrogens with zero attached hydrogens (tertiary/aromatic N) is 1. The largest absolute Gasteiger partial charge is 0.493 e. The Hall–Kier alpha value is -2.53. The van der Waals surface area contributed by atoms with E-state index in [1.165, 1.54) is 30.5 Å². The number of benzene rings is 2. The summed E-state index contributed by atoms with van der Waals surface area (Å²) in [5, 5.41) is 12.8. The normalized spacial score (nSPS) is 14.9. The van der Waals surface area contributed by atoms with Gasteiger partial charge in [0.25, 0.3) is 0 Å². The molecule has 0 bridgehead atoms. The average molecular weight is 425 g/mol. The fourth-order valence-electron chi connectivity index (χ4n) is 4.36. The maximum Gasteiger partial charge on any atom is 0.224 e. The van der Waals surface area contributed by atoms with Crippen LogP contribution in [0.5, 0.6) is 5.75 Å². The van der Waals surface area contributed by atoms with Crippen LogP contribution in [0.1, 0.15) is 68.7 Å². The highest BCUT2D eigenvalue weighted by Gasteiger charge is 2.21. The number of nitrogens with one attached hydrogen (secondary N) is 1. The van der Waals surface area contributed by atoms with Gasteiger partial charge in [0, 0.05) is 24.3 Å². The highest BCUT2D eigenvalue weighted by molar-refractivity contribution is 5.79. The summed E-state index contributed by atoms with van der Waals surface area (Å²) in [6.45, 7) is 6.69. The van der Waals surface area contributed by atoms with Crippen LogP contribution in [0, 0.1) is 0 Å². The van der Waals surface area contributed by atoms with Crippen LogP contribution in [0.3, 0.4) is 0 Å². The molecule has 2 aromatic rings. The van der Waals surface area contributed by atoms with E-state index in [2.05, 4.69) is 41.4 Å². The number of carbonyl (C=O) groups excluding carboxylic acids is 1. The molecule has 5 heteroatoms. The van der Waals surface area contributed by atoms with E-state index >= 15 is 0 Å². The van der Waals surface area contributed by atoms with Gasteiger partial charge in [0.15, 0.2) is 0 Å².